The molecule has 1 heterocycles. The zero-order chi connectivity index (χ0) is 18.4. The van der Waals surface area contributed by atoms with Crippen molar-refractivity contribution in [1.82, 2.24) is 4.90 Å². The Kier molecular flexibility index (Phi) is 3.94. The standard InChI is InChI=1S/C19H16FNO5/c20-13-5-3-10(4-6-13)14(22)9-26-15(23)8-21-18(24)16-11-1-2-12(7-11)17(16)19(21)25/h1-6,11-12,16-17H,7-9H2. The van der Waals surface area contributed by atoms with E-state index in [1.54, 1.807) is 0 Å². The molecule has 6 nitrogen and oxygen atoms in total. The lowest BCUT2D eigenvalue weighted by atomic mass is 9.85. The second-order valence-electron chi connectivity index (χ2n) is 6.85. The Bertz CT molecular complexity index is 801. The van der Waals surface area contributed by atoms with E-state index in [4.69, 9.17) is 4.74 Å². The summed E-state index contributed by atoms with van der Waals surface area (Å²) in [5.74, 6) is -3.04. The number of hydrogen-bond acceptors (Lipinski definition) is 5. The van der Waals surface area contributed by atoms with Gasteiger partial charge >= 0.3 is 5.97 Å². The lowest BCUT2D eigenvalue weighted by Gasteiger charge is -2.16. The van der Waals surface area contributed by atoms with Gasteiger partial charge in [-0.3, -0.25) is 24.1 Å². The average Bonchev–Trinajstić information content (AvgIpc) is 3.30. The highest BCUT2D eigenvalue weighted by atomic mass is 19.1. The van der Waals surface area contributed by atoms with E-state index in [1.807, 2.05) is 12.2 Å². The molecule has 7 heteroatoms. The first-order valence-corrected chi connectivity index (χ1v) is 8.43. The van der Waals surface area contributed by atoms with Crippen molar-refractivity contribution < 1.29 is 28.3 Å². The maximum Gasteiger partial charge on any atom is 0.326 e. The molecule has 1 saturated carbocycles. The number of amides is 2. The number of ether oxygens (including phenoxy) is 1. The zero-order valence-electron chi connectivity index (χ0n) is 13.8. The largest absolute Gasteiger partial charge is 0.456 e. The third-order valence-corrected chi connectivity index (χ3v) is 5.38. The van der Waals surface area contributed by atoms with Gasteiger partial charge in [0, 0.05) is 5.56 Å². The van der Waals surface area contributed by atoms with Crippen molar-refractivity contribution in [2.24, 2.45) is 23.7 Å². The van der Waals surface area contributed by atoms with E-state index < -0.39 is 30.7 Å². The number of fused-ring (bicyclic) bond motifs is 5. The Morgan fingerprint density at radius 1 is 1.04 bits per heavy atom. The quantitative estimate of drug-likeness (QED) is 0.344. The van der Waals surface area contributed by atoms with Crippen LogP contribution >= 0.6 is 0 Å². The Hall–Kier alpha value is -2.83. The fourth-order valence-electron chi connectivity index (χ4n) is 4.16. The van der Waals surface area contributed by atoms with Gasteiger partial charge in [0.1, 0.15) is 12.4 Å². The van der Waals surface area contributed by atoms with Crippen LogP contribution in [0, 0.1) is 29.5 Å². The number of allylic oxidation sites excluding steroid dienone is 2. The maximum atomic E-state index is 12.9. The van der Waals surface area contributed by atoms with Crippen molar-refractivity contribution in [3.8, 4) is 0 Å². The van der Waals surface area contributed by atoms with Crippen LogP contribution in [-0.2, 0) is 19.1 Å². The zero-order valence-corrected chi connectivity index (χ0v) is 13.8. The molecule has 0 aromatic heterocycles. The van der Waals surface area contributed by atoms with Crippen molar-refractivity contribution in [2.45, 2.75) is 6.42 Å². The van der Waals surface area contributed by atoms with E-state index in [9.17, 15) is 23.6 Å². The predicted octanol–water partition coefficient (Wildman–Crippen LogP) is 1.36. The highest BCUT2D eigenvalue weighted by molar-refractivity contribution is 6.08. The number of carbonyl (C=O) groups excluding carboxylic acids is 4. The van der Waals surface area contributed by atoms with Gasteiger partial charge in [-0.2, -0.15) is 0 Å². The molecule has 3 aliphatic rings. The van der Waals surface area contributed by atoms with Gasteiger partial charge in [0.25, 0.3) is 0 Å². The molecule has 1 aliphatic heterocycles. The van der Waals surface area contributed by atoms with Crippen LogP contribution in [0.5, 0.6) is 0 Å². The Labute approximate surface area is 148 Å². The molecule has 26 heavy (non-hydrogen) atoms. The molecule has 1 aromatic rings. The minimum Gasteiger partial charge on any atom is -0.456 e. The van der Waals surface area contributed by atoms with E-state index in [-0.39, 0.29) is 41.0 Å². The highest BCUT2D eigenvalue weighted by Gasteiger charge is 2.59. The van der Waals surface area contributed by atoms with Crippen molar-refractivity contribution >= 4 is 23.6 Å². The topological polar surface area (TPSA) is 80.8 Å². The molecule has 0 spiro atoms. The van der Waals surface area contributed by atoms with Crippen LogP contribution < -0.4 is 0 Å². The Morgan fingerprint density at radius 2 is 1.62 bits per heavy atom. The van der Waals surface area contributed by atoms with Crippen molar-refractivity contribution in [2.75, 3.05) is 13.2 Å². The number of carbonyl (C=O) groups is 4. The predicted molar refractivity (Wildman–Crippen MR) is 86.1 cm³/mol. The van der Waals surface area contributed by atoms with Crippen molar-refractivity contribution in [3.05, 3.63) is 47.8 Å². The van der Waals surface area contributed by atoms with Crippen LogP contribution in [0.2, 0.25) is 0 Å². The third kappa shape index (κ3) is 2.64. The van der Waals surface area contributed by atoms with Gasteiger partial charge in [0.2, 0.25) is 11.8 Å². The number of halogens is 1. The lowest BCUT2D eigenvalue weighted by molar-refractivity contribution is -0.152. The van der Waals surface area contributed by atoms with E-state index in [0.717, 1.165) is 23.5 Å². The number of nitrogens with zero attached hydrogens (tertiary/aromatic N) is 1. The molecule has 2 bridgehead atoms. The van der Waals surface area contributed by atoms with Gasteiger partial charge in [-0.25, -0.2) is 4.39 Å². The summed E-state index contributed by atoms with van der Waals surface area (Å²) in [7, 11) is 0. The molecule has 2 amide bonds. The van der Waals surface area contributed by atoms with E-state index >= 15 is 0 Å². The van der Waals surface area contributed by atoms with Crippen LogP contribution in [0.1, 0.15) is 16.8 Å². The van der Waals surface area contributed by atoms with Crippen LogP contribution in [-0.4, -0.2) is 41.6 Å². The van der Waals surface area contributed by atoms with Gasteiger partial charge in [0.05, 0.1) is 11.8 Å². The first kappa shape index (κ1) is 16.6. The molecule has 134 valence electrons. The second kappa shape index (κ2) is 6.16. The van der Waals surface area contributed by atoms with E-state index in [2.05, 4.69) is 0 Å². The molecule has 1 aromatic carbocycles. The van der Waals surface area contributed by atoms with E-state index in [0.29, 0.717) is 0 Å². The van der Waals surface area contributed by atoms with Gasteiger partial charge in [-0.1, -0.05) is 12.2 Å². The summed E-state index contributed by atoms with van der Waals surface area (Å²) in [5.41, 5.74) is 0.213. The van der Waals surface area contributed by atoms with Gasteiger partial charge in [0.15, 0.2) is 12.4 Å². The van der Waals surface area contributed by atoms with Gasteiger partial charge < -0.3 is 4.74 Å². The highest BCUT2D eigenvalue weighted by Crippen LogP contribution is 2.52. The Morgan fingerprint density at radius 3 is 2.19 bits per heavy atom. The number of ketones is 1. The van der Waals surface area contributed by atoms with Crippen LogP contribution in [0.25, 0.3) is 0 Å². The van der Waals surface area contributed by atoms with Crippen molar-refractivity contribution in [3.63, 3.8) is 0 Å². The number of esters is 1. The summed E-state index contributed by atoms with van der Waals surface area (Å²) in [6.45, 7) is -1.01. The third-order valence-electron chi connectivity index (χ3n) is 5.38. The summed E-state index contributed by atoms with van der Waals surface area (Å²) < 4.78 is 17.7. The number of benzene rings is 1. The van der Waals surface area contributed by atoms with E-state index in [1.165, 1.54) is 12.1 Å². The smallest absolute Gasteiger partial charge is 0.326 e. The summed E-state index contributed by atoms with van der Waals surface area (Å²) in [6.07, 6.45) is 4.76. The van der Waals surface area contributed by atoms with Gasteiger partial charge in [-0.05, 0) is 42.5 Å². The molecule has 4 unspecified atom stereocenters. The minimum atomic E-state index is -0.817. The number of likely N-dealkylation sites (tertiary alicyclic amines) is 1. The lowest BCUT2D eigenvalue weighted by Crippen LogP contribution is -2.38. The monoisotopic (exact) mass is 357 g/mol. The minimum absolute atomic E-state index is 0.0718. The molecule has 0 radical (unpaired) electrons. The Balaban J connectivity index is 1.34. The average molecular weight is 357 g/mol. The molecular formula is C19H16FNO5. The first-order chi connectivity index (χ1) is 12.5. The number of rotatable bonds is 5. The van der Waals surface area contributed by atoms with Crippen LogP contribution in [0.4, 0.5) is 4.39 Å². The van der Waals surface area contributed by atoms with Crippen molar-refractivity contribution in [1.29, 1.82) is 0 Å². The van der Waals surface area contributed by atoms with Crippen LogP contribution in [0.3, 0.4) is 0 Å². The fraction of sp³-hybridized carbons (Fsp3) is 0.368. The molecule has 2 aliphatic carbocycles. The number of hydrogen-bond donors (Lipinski definition) is 0. The summed E-state index contributed by atoms with van der Waals surface area (Å²) in [4.78, 5) is 49.8. The molecule has 4 rings (SSSR count). The summed E-state index contributed by atoms with van der Waals surface area (Å²) in [6, 6.07) is 4.86. The summed E-state index contributed by atoms with van der Waals surface area (Å²) >= 11 is 0. The number of Topliss-reactive ketones (excluding diaryl/α,β-unsaturated/α-hetero) is 1. The number of imide groups is 1. The SMILES string of the molecule is O=C(CN1C(=O)C2C3C=CC(C3)C2C1=O)OCC(=O)c1ccc(F)cc1. The summed E-state index contributed by atoms with van der Waals surface area (Å²) in [5, 5.41) is 0. The molecule has 1 saturated heterocycles. The normalized spacial score (nSPS) is 28.6. The molecule has 0 N–H and O–H groups in total. The fourth-order valence-corrected chi connectivity index (χ4v) is 4.16. The van der Waals surface area contributed by atoms with Gasteiger partial charge in [-0.15, -0.1) is 0 Å². The van der Waals surface area contributed by atoms with Crippen LogP contribution in [0.15, 0.2) is 36.4 Å². The maximum absolute atomic E-state index is 12.9. The molecule has 2 fully saturated rings. The molecular weight excluding hydrogens is 341 g/mol. The molecule has 4 atom stereocenters. The first-order valence-electron chi connectivity index (χ1n) is 8.43. The second-order valence-corrected chi connectivity index (χ2v) is 6.85.